The van der Waals surface area contributed by atoms with E-state index >= 15 is 0 Å². The van der Waals surface area contributed by atoms with Gasteiger partial charge in [0.25, 0.3) is 0 Å². The monoisotopic (exact) mass is 388 g/mol. The molecule has 0 saturated carbocycles. The van der Waals surface area contributed by atoms with Crippen molar-refractivity contribution in [3.05, 3.63) is 55.0 Å². The summed E-state index contributed by atoms with van der Waals surface area (Å²) in [6, 6.07) is 12.4. The maximum Gasteiger partial charge on any atom is 0.126 e. The maximum absolute atomic E-state index is 5.40. The van der Waals surface area contributed by atoms with Crippen LogP contribution in [0.2, 0.25) is 0 Å². The van der Waals surface area contributed by atoms with Gasteiger partial charge in [0.05, 0.1) is 24.9 Å². The number of hydrogen-bond donors (Lipinski definition) is 3. The molecule has 29 heavy (non-hydrogen) atoms. The van der Waals surface area contributed by atoms with Crippen molar-refractivity contribution >= 4 is 39.0 Å². The fraction of sp³-hybridized carbons (Fsp3) is 0.273. The minimum absolute atomic E-state index is 0.823. The van der Waals surface area contributed by atoms with Gasteiger partial charge in [-0.1, -0.05) is 0 Å². The highest BCUT2D eigenvalue weighted by Gasteiger charge is 2.10. The van der Waals surface area contributed by atoms with Crippen molar-refractivity contribution < 1.29 is 4.74 Å². The summed E-state index contributed by atoms with van der Waals surface area (Å²) in [5, 5.41) is 9.20. The predicted octanol–water partition coefficient (Wildman–Crippen LogP) is 3.60. The van der Waals surface area contributed by atoms with Gasteiger partial charge in [0.1, 0.15) is 5.82 Å². The summed E-state index contributed by atoms with van der Waals surface area (Å²) in [6.45, 7) is 5.48. The Kier molecular flexibility index (Phi) is 4.98. The van der Waals surface area contributed by atoms with Crippen LogP contribution in [0.1, 0.15) is 0 Å². The molecule has 0 aliphatic carbocycles. The lowest BCUT2D eigenvalue weighted by Crippen LogP contribution is -2.39. The second kappa shape index (κ2) is 8.06. The van der Waals surface area contributed by atoms with Gasteiger partial charge >= 0.3 is 0 Å². The second-order valence-corrected chi connectivity index (χ2v) is 7.23. The van der Waals surface area contributed by atoms with Crippen molar-refractivity contribution in [3.8, 4) is 0 Å². The van der Waals surface area contributed by atoms with E-state index in [0.29, 0.717) is 0 Å². The van der Waals surface area contributed by atoms with Gasteiger partial charge in [0.2, 0.25) is 0 Å². The number of nitrogens with zero attached hydrogens (tertiary/aromatic N) is 3. The van der Waals surface area contributed by atoms with Crippen molar-refractivity contribution in [2.75, 3.05) is 50.0 Å². The first-order valence-corrected chi connectivity index (χ1v) is 9.98. The van der Waals surface area contributed by atoms with Crippen LogP contribution in [-0.4, -0.2) is 59.2 Å². The van der Waals surface area contributed by atoms with Crippen LogP contribution in [0, 0.1) is 0 Å². The van der Waals surface area contributed by atoms with Crippen molar-refractivity contribution in [1.82, 2.24) is 19.9 Å². The molecule has 1 fully saturated rings. The molecule has 0 radical (unpaired) electrons. The van der Waals surface area contributed by atoms with Crippen LogP contribution in [0.3, 0.4) is 0 Å². The third kappa shape index (κ3) is 4.01. The molecule has 4 heterocycles. The van der Waals surface area contributed by atoms with E-state index in [1.54, 1.807) is 0 Å². The number of aromatic amines is 1. The number of pyridine rings is 2. The Hall–Kier alpha value is -3.16. The Morgan fingerprint density at radius 1 is 1.07 bits per heavy atom. The third-order valence-corrected chi connectivity index (χ3v) is 5.30. The molecule has 1 aliphatic heterocycles. The van der Waals surface area contributed by atoms with Crippen molar-refractivity contribution in [2.45, 2.75) is 0 Å². The summed E-state index contributed by atoms with van der Waals surface area (Å²) >= 11 is 0. The van der Waals surface area contributed by atoms with Crippen LogP contribution in [0.4, 0.5) is 17.2 Å². The minimum Gasteiger partial charge on any atom is -0.379 e. The SMILES string of the molecule is c1cc(Nc2ccc3[nH]ccc3c2)c2cc(NCCN3CCOCC3)ncc2n1. The van der Waals surface area contributed by atoms with Gasteiger partial charge in [-0.15, -0.1) is 0 Å². The molecule has 0 spiro atoms. The standard InChI is InChI=1S/C22H24N6O/c1-2-19-16(3-5-23-19)13-17(1)27-20-4-6-24-21-15-26-22(14-18(20)21)25-7-8-28-9-11-29-12-10-28/h1-6,13-15,23H,7-12H2,(H,24,27)(H,25,26). The number of aromatic nitrogens is 3. The quantitative estimate of drug-likeness (QED) is 0.468. The van der Waals surface area contributed by atoms with E-state index in [0.717, 1.165) is 73.0 Å². The molecule has 0 bridgehead atoms. The largest absolute Gasteiger partial charge is 0.379 e. The van der Waals surface area contributed by atoms with Gasteiger partial charge in [-0.3, -0.25) is 9.88 Å². The molecule has 1 aliphatic rings. The topological polar surface area (TPSA) is 78.1 Å². The molecule has 0 atom stereocenters. The van der Waals surface area contributed by atoms with Gasteiger partial charge in [0.15, 0.2) is 0 Å². The normalized spacial score (nSPS) is 15.0. The van der Waals surface area contributed by atoms with Gasteiger partial charge in [-0.25, -0.2) is 4.98 Å². The molecular formula is C22H24N6O. The number of morpholine rings is 1. The van der Waals surface area contributed by atoms with E-state index in [4.69, 9.17) is 4.74 Å². The van der Waals surface area contributed by atoms with Crippen molar-refractivity contribution in [3.63, 3.8) is 0 Å². The number of benzene rings is 1. The zero-order valence-corrected chi connectivity index (χ0v) is 16.2. The number of anilines is 3. The predicted molar refractivity (Wildman–Crippen MR) is 117 cm³/mol. The number of H-pyrrole nitrogens is 1. The zero-order valence-electron chi connectivity index (χ0n) is 16.2. The van der Waals surface area contributed by atoms with E-state index < -0.39 is 0 Å². The molecule has 0 amide bonds. The average molecular weight is 388 g/mol. The molecule has 1 aromatic carbocycles. The lowest BCUT2D eigenvalue weighted by molar-refractivity contribution is 0.0398. The lowest BCUT2D eigenvalue weighted by atomic mass is 10.2. The summed E-state index contributed by atoms with van der Waals surface area (Å²) in [5.74, 6) is 0.864. The van der Waals surface area contributed by atoms with E-state index in [-0.39, 0.29) is 0 Å². The number of hydrogen-bond acceptors (Lipinski definition) is 6. The molecule has 148 valence electrons. The summed E-state index contributed by atoms with van der Waals surface area (Å²) in [6.07, 6.45) is 5.59. The average Bonchev–Trinajstić information content (AvgIpc) is 3.23. The molecule has 0 unspecified atom stereocenters. The van der Waals surface area contributed by atoms with Gasteiger partial charge in [0, 0.05) is 66.2 Å². The minimum atomic E-state index is 0.823. The highest BCUT2D eigenvalue weighted by atomic mass is 16.5. The smallest absolute Gasteiger partial charge is 0.126 e. The Bertz CT molecular complexity index is 1120. The number of fused-ring (bicyclic) bond motifs is 2. The van der Waals surface area contributed by atoms with Crippen LogP contribution in [0.25, 0.3) is 21.8 Å². The Balaban J connectivity index is 1.33. The first-order chi connectivity index (χ1) is 14.3. The molecule has 1 saturated heterocycles. The fourth-order valence-corrected chi connectivity index (χ4v) is 3.71. The Labute approximate surface area is 169 Å². The van der Waals surface area contributed by atoms with Crippen LogP contribution in [-0.2, 0) is 4.74 Å². The van der Waals surface area contributed by atoms with Crippen LogP contribution >= 0.6 is 0 Å². The summed E-state index contributed by atoms with van der Waals surface area (Å²) in [7, 11) is 0. The van der Waals surface area contributed by atoms with Crippen LogP contribution in [0.5, 0.6) is 0 Å². The van der Waals surface area contributed by atoms with Crippen molar-refractivity contribution in [2.24, 2.45) is 0 Å². The van der Waals surface area contributed by atoms with Crippen molar-refractivity contribution in [1.29, 1.82) is 0 Å². The van der Waals surface area contributed by atoms with E-state index in [1.807, 2.05) is 24.7 Å². The van der Waals surface area contributed by atoms with Crippen LogP contribution < -0.4 is 10.6 Å². The third-order valence-electron chi connectivity index (χ3n) is 5.30. The fourth-order valence-electron chi connectivity index (χ4n) is 3.71. The molecule has 3 N–H and O–H groups in total. The molecule has 3 aromatic heterocycles. The summed E-state index contributed by atoms with van der Waals surface area (Å²) < 4.78 is 5.40. The molecule has 7 heteroatoms. The summed E-state index contributed by atoms with van der Waals surface area (Å²) in [5.41, 5.74) is 4.06. The first kappa shape index (κ1) is 17.9. The molecule has 5 rings (SSSR count). The van der Waals surface area contributed by atoms with E-state index in [9.17, 15) is 0 Å². The lowest BCUT2D eigenvalue weighted by Gasteiger charge is -2.26. The molecule has 7 nitrogen and oxygen atoms in total. The Morgan fingerprint density at radius 3 is 2.93 bits per heavy atom. The highest BCUT2D eigenvalue weighted by Crippen LogP contribution is 2.28. The van der Waals surface area contributed by atoms with Gasteiger partial charge in [-0.2, -0.15) is 0 Å². The second-order valence-electron chi connectivity index (χ2n) is 7.23. The molecular weight excluding hydrogens is 364 g/mol. The number of ether oxygens (including phenoxy) is 1. The van der Waals surface area contributed by atoms with E-state index in [2.05, 4.69) is 60.8 Å². The zero-order chi connectivity index (χ0) is 19.5. The van der Waals surface area contributed by atoms with Gasteiger partial charge < -0.3 is 20.4 Å². The summed E-state index contributed by atoms with van der Waals surface area (Å²) in [4.78, 5) is 14.6. The number of rotatable bonds is 6. The molecule has 4 aromatic rings. The van der Waals surface area contributed by atoms with Gasteiger partial charge in [-0.05, 0) is 36.4 Å². The van der Waals surface area contributed by atoms with Crippen LogP contribution in [0.15, 0.2) is 55.0 Å². The van der Waals surface area contributed by atoms with E-state index in [1.165, 1.54) is 5.39 Å². The number of nitrogens with one attached hydrogen (secondary N) is 3. The Morgan fingerprint density at radius 2 is 2.00 bits per heavy atom. The maximum atomic E-state index is 5.40. The highest BCUT2D eigenvalue weighted by molar-refractivity contribution is 5.94. The first-order valence-electron chi connectivity index (χ1n) is 9.98.